The van der Waals surface area contributed by atoms with Crippen molar-refractivity contribution >= 4 is 19.7 Å². The molecule has 1 aliphatic heterocycles. The lowest BCUT2D eigenvalue weighted by Crippen LogP contribution is -2.29. The molecule has 8 heteroatoms. The standard InChI is InChI=1S/C8H12ClN3O3S/c1-5(2)12-7(6-3-15-4-6)10-11-8(12)16(9,13)14/h5-6H,3-4H2,1-2H3. The third kappa shape index (κ3) is 1.94. The van der Waals surface area contributed by atoms with Crippen molar-refractivity contribution in [2.75, 3.05) is 13.2 Å². The molecular weight excluding hydrogens is 254 g/mol. The summed E-state index contributed by atoms with van der Waals surface area (Å²) in [6, 6.07) is -0.0610. The van der Waals surface area contributed by atoms with E-state index in [0.29, 0.717) is 19.0 Å². The van der Waals surface area contributed by atoms with Crippen LogP contribution in [0, 0.1) is 0 Å². The molecule has 1 aromatic heterocycles. The summed E-state index contributed by atoms with van der Waals surface area (Å²) in [5.41, 5.74) is 0. The van der Waals surface area contributed by atoms with E-state index in [1.54, 1.807) is 4.57 Å². The molecule has 0 amide bonds. The number of halogens is 1. The molecule has 0 aromatic carbocycles. The number of nitrogens with zero attached hydrogens (tertiary/aromatic N) is 3. The monoisotopic (exact) mass is 265 g/mol. The summed E-state index contributed by atoms with van der Waals surface area (Å²) < 4.78 is 29.2. The molecule has 2 rings (SSSR count). The third-order valence-corrected chi connectivity index (χ3v) is 3.56. The largest absolute Gasteiger partial charge is 0.380 e. The van der Waals surface area contributed by atoms with E-state index in [1.165, 1.54) is 0 Å². The van der Waals surface area contributed by atoms with Crippen molar-refractivity contribution < 1.29 is 13.2 Å². The van der Waals surface area contributed by atoms with Crippen LogP contribution < -0.4 is 0 Å². The van der Waals surface area contributed by atoms with Gasteiger partial charge in [-0.05, 0) is 13.8 Å². The molecule has 0 unspecified atom stereocenters. The molecule has 1 aromatic rings. The number of aromatic nitrogens is 3. The van der Waals surface area contributed by atoms with Gasteiger partial charge in [-0.25, -0.2) is 8.42 Å². The molecule has 1 aliphatic rings. The van der Waals surface area contributed by atoms with Crippen LogP contribution in [0.25, 0.3) is 0 Å². The lowest BCUT2D eigenvalue weighted by atomic mass is 10.1. The smallest absolute Gasteiger partial charge is 0.296 e. The first kappa shape index (κ1) is 11.8. The predicted octanol–water partition coefficient (Wildman–Crippen LogP) is 0.900. The Hall–Kier alpha value is -0.660. The van der Waals surface area contributed by atoms with Gasteiger partial charge in [0.2, 0.25) is 0 Å². The Morgan fingerprint density at radius 1 is 1.44 bits per heavy atom. The zero-order valence-corrected chi connectivity index (χ0v) is 10.5. The van der Waals surface area contributed by atoms with E-state index in [9.17, 15) is 8.42 Å². The zero-order chi connectivity index (χ0) is 11.9. The van der Waals surface area contributed by atoms with Crippen LogP contribution in [0.4, 0.5) is 0 Å². The van der Waals surface area contributed by atoms with E-state index < -0.39 is 9.05 Å². The minimum absolute atomic E-state index is 0.0610. The molecule has 0 atom stereocenters. The lowest BCUT2D eigenvalue weighted by molar-refractivity contribution is 0.00274. The molecule has 1 saturated heterocycles. The molecule has 16 heavy (non-hydrogen) atoms. The average Bonchev–Trinajstić information content (AvgIpc) is 2.43. The maximum Gasteiger partial charge on any atom is 0.296 e. The van der Waals surface area contributed by atoms with E-state index in [1.807, 2.05) is 13.8 Å². The summed E-state index contributed by atoms with van der Waals surface area (Å²) in [6.07, 6.45) is 0. The Morgan fingerprint density at radius 3 is 2.44 bits per heavy atom. The molecule has 0 aliphatic carbocycles. The van der Waals surface area contributed by atoms with Crippen molar-refractivity contribution in [2.24, 2.45) is 0 Å². The SMILES string of the molecule is CC(C)n1c(C2COC2)nnc1S(=O)(=O)Cl. The second kappa shape index (κ2) is 3.97. The predicted molar refractivity (Wildman–Crippen MR) is 57.0 cm³/mol. The van der Waals surface area contributed by atoms with Crippen LogP contribution >= 0.6 is 10.7 Å². The molecule has 2 heterocycles. The van der Waals surface area contributed by atoms with Crippen LogP contribution in [-0.4, -0.2) is 36.4 Å². The number of hydrogen-bond acceptors (Lipinski definition) is 5. The highest BCUT2D eigenvalue weighted by Crippen LogP contribution is 2.28. The topological polar surface area (TPSA) is 74.1 Å². The van der Waals surface area contributed by atoms with E-state index in [2.05, 4.69) is 10.2 Å². The van der Waals surface area contributed by atoms with Crippen LogP contribution in [0.15, 0.2) is 5.16 Å². The van der Waals surface area contributed by atoms with Crippen LogP contribution in [0.5, 0.6) is 0 Å². The molecule has 90 valence electrons. The average molecular weight is 266 g/mol. The molecule has 1 fully saturated rings. The van der Waals surface area contributed by atoms with Crippen molar-refractivity contribution in [2.45, 2.75) is 31.0 Å². The lowest BCUT2D eigenvalue weighted by Gasteiger charge is -2.26. The molecule has 0 radical (unpaired) electrons. The Morgan fingerprint density at radius 2 is 2.06 bits per heavy atom. The van der Waals surface area contributed by atoms with Gasteiger partial charge in [0.1, 0.15) is 5.82 Å². The highest BCUT2D eigenvalue weighted by atomic mass is 35.7. The fourth-order valence-electron chi connectivity index (χ4n) is 1.60. The highest BCUT2D eigenvalue weighted by Gasteiger charge is 2.31. The number of rotatable bonds is 3. The Labute approximate surface area is 98.0 Å². The molecule has 0 N–H and O–H groups in total. The summed E-state index contributed by atoms with van der Waals surface area (Å²) in [7, 11) is 1.45. The first-order valence-corrected chi connectivity index (χ1v) is 7.19. The number of ether oxygens (including phenoxy) is 1. The fraction of sp³-hybridized carbons (Fsp3) is 0.750. The first-order chi connectivity index (χ1) is 7.41. The fourth-order valence-corrected chi connectivity index (χ4v) is 2.60. The minimum Gasteiger partial charge on any atom is -0.380 e. The summed E-state index contributed by atoms with van der Waals surface area (Å²) >= 11 is 0. The van der Waals surface area contributed by atoms with Gasteiger partial charge in [-0.2, -0.15) is 0 Å². The number of hydrogen-bond donors (Lipinski definition) is 0. The third-order valence-electron chi connectivity index (χ3n) is 2.43. The highest BCUT2D eigenvalue weighted by molar-refractivity contribution is 8.13. The summed E-state index contributed by atoms with van der Waals surface area (Å²) in [6.45, 7) is 4.82. The van der Waals surface area contributed by atoms with Gasteiger partial charge in [0.15, 0.2) is 0 Å². The summed E-state index contributed by atoms with van der Waals surface area (Å²) in [5, 5.41) is 7.36. The normalized spacial score (nSPS) is 17.8. The van der Waals surface area contributed by atoms with E-state index in [-0.39, 0.29) is 17.1 Å². The summed E-state index contributed by atoms with van der Waals surface area (Å²) in [5.74, 6) is 0.738. The minimum atomic E-state index is -3.85. The summed E-state index contributed by atoms with van der Waals surface area (Å²) in [4.78, 5) is 0. The van der Waals surface area contributed by atoms with Gasteiger partial charge in [-0.1, -0.05) is 0 Å². The Balaban J connectivity index is 2.51. The van der Waals surface area contributed by atoms with E-state index in [0.717, 1.165) is 0 Å². The van der Waals surface area contributed by atoms with Crippen molar-refractivity contribution in [1.82, 2.24) is 14.8 Å². The van der Waals surface area contributed by atoms with Gasteiger partial charge in [-0.3, -0.25) is 4.57 Å². The maximum absolute atomic E-state index is 11.3. The molecule has 0 bridgehead atoms. The van der Waals surface area contributed by atoms with Gasteiger partial charge < -0.3 is 4.74 Å². The Kier molecular flexibility index (Phi) is 2.93. The second-order valence-corrected chi connectivity index (χ2v) is 6.44. The van der Waals surface area contributed by atoms with Crippen LogP contribution in [0.3, 0.4) is 0 Å². The van der Waals surface area contributed by atoms with Gasteiger partial charge >= 0.3 is 0 Å². The van der Waals surface area contributed by atoms with E-state index >= 15 is 0 Å². The molecule has 0 spiro atoms. The molecule has 0 saturated carbocycles. The van der Waals surface area contributed by atoms with Crippen LogP contribution in [0.2, 0.25) is 0 Å². The molecule has 6 nitrogen and oxygen atoms in total. The van der Waals surface area contributed by atoms with Gasteiger partial charge in [0, 0.05) is 16.7 Å². The van der Waals surface area contributed by atoms with Gasteiger partial charge in [0.25, 0.3) is 14.2 Å². The Bertz CT molecular complexity index is 493. The first-order valence-electron chi connectivity index (χ1n) is 4.88. The van der Waals surface area contributed by atoms with Crippen LogP contribution in [-0.2, 0) is 13.8 Å². The van der Waals surface area contributed by atoms with Crippen molar-refractivity contribution in [3.8, 4) is 0 Å². The van der Waals surface area contributed by atoms with Gasteiger partial charge in [0.05, 0.1) is 19.1 Å². The maximum atomic E-state index is 11.3. The molecular formula is C8H12ClN3O3S. The van der Waals surface area contributed by atoms with E-state index in [4.69, 9.17) is 15.4 Å². The van der Waals surface area contributed by atoms with Crippen molar-refractivity contribution in [3.63, 3.8) is 0 Å². The van der Waals surface area contributed by atoms with Crippen molar-refractivity contribution in [1.29, 1.82) is 0 Å². The second-order valence-electron chi connectivity index (χ2n) is 3.98. The zero-order valence-electron chi connectivity index (χ0n) is 8.92. The van der Waals surface area contributed by atoms with Crippen LogP contribution in [0.1, 0.15) is 31.6 Å². The van der Waals surface area contributed by atoms with Crippen molar-refractivity contribution in [3.05, 3.63) is 5.82 Å². The van der Waals surface area contributed by atoms with Gasteiger partial charge in [-0.15, -0.1) is 10.2 Å². The quantitative estimate of drug-likeness (QED) is 0.759.